The predicted octanol–water partition coefficient (Wildman–Crippen LogP) is 2.01. The van der Waals surface area contributed by atoms with Crippen LogP contribution in [0.4, 0.5) is 0 Å². The molecule has 0 aliphatic heterocycles. The number of aromatic nitrogens is 3. The SMILES string of the molecule is Cn1cc(CNCC(O)COc2ccccc2)c(-c2ccncc2)n1. The molecule has 0 amide bonds. The molecule has 0 fully saturated rings. The summed E-state index contributed by atoms with van der Waals surface area (Å²) >= 11 is 0. The fourth-order valence-corrected chi connectivity index (χ4v) is 2.56. The van der Waals surface area contributed by atoms with E-state index in [1.807, 2.05) is 55.7 Å². The molecule has 1 aromatic carbocycles. The van der Waals surface area contributed by atoms with Crippen molar-refractivity contribution in [3.63, 3.8) is 0 Å². The molecule has 25 heavy (non-hydrogen) atoms. The van der Waals surface area contributed by atoms with Crippen molar-refractivity contribution < 1.29 is 9.84 Å². The first-order chi connectivity index (χ1) is 12.2. The van der Waals surface area contributed by atoms with Gasteiger partial charge in [-0.2, -0.15) is 5.10 Å². The second-order valence-corrected chi connectivity index (χ2v) is 5.82. The van der Waals surface area contributed by atoms with E-state index in [-0.39, 0.29) is 6.61 Å². The second kappa shape index (κ2) is 8.41. The highest BCUT2D eigenvalue weighted by Crippen LogP contribution is 2.20. The van der Waals surface area contributed by atoms with Crippen LogP contribution in [0.1, 0.15) is 5.56 Å². The average molecular weight is 338 g/mol. The number of benzene rings is 1. The van der Waals surface area contributed by atoms with Gasteiger partial charge in [0.2, 0.25) is 0 Å². The van der Waals surface area contributed by atoms with E-state index in [0.29, 0.717) is 13.1 Å². The van der Waals surface area contributed by atoms with Crippen molar-refractivity contribution in [2.45, 2.75) is 12.6 Å². The first-order valence-electron chi connectivity index (χ1n) is 8.22. The third-order valence-corrected chi connectivity index (χ3v) is 3.74. The maximum Gasteiger partial charge on any atom is 0.119 e. The van der Waals surface area contributed by atoms with Gasteiger partial charge in [0.15, 0.2) is 0 Å². The lowest BCUT2D eigenvalue weighted by molar-refractivity contribution is 0.106. The van der Waals surface area contributed by atoms with E-state index in [4.69, 9.17) is 4.74 Å². The van der Waals surface area contributed by atoms with Crippen molar-refractivity contribution >= 4 is 0 Å². The molecule has 3 rings (SSSR count). The standard InChI is InChI=1S/C19H22N4O2/c1-23-13-16(19(22-23)15-7-9-20-10-8-15)11-21-12-17(24)14-25-18-5-3-2-4-6-18/h2-10,13,17,21,24H,11-12,14H2,1H3. The van der Waals surface area contributed by atoms with Crippen LogP contribution in [0.25, 0.3) is 11.3 Å². The molecule has 0 bridgehead atoms. The van der Waals surface area contributed by atoms with Crippen LogP contribution in [-0.2, 0) is 13.6 Å². The summed E-state index contributed by atoms with van der Waals surface area (Å²) in [4.78, 5) is 4.04. The highest BCUT2D eigenvalue weighted by Gasteiger charge is 2.11. The molecular formula is C19H22N4O2. The molecular weight excluding hydrogens is 316 g/mol. The van der Waals surface area contributed by atoms with Gasteiger partial charge < -0.3 is 15.2 Å². The third-order valence-electron chi connectivity index (χ3n) is 3.74. The Balaban J connectivity index is 1.51. The van der Waals surface area contributed by atoms with E-state index in [2.05, 4.69) is 15.4 Å². The monoisotopic (exact) mass is 338 g/mol. The number of aliphatic hydroxyl groups excluding tert-OH is 1. The smallest absolute Gasteiger partial charge is 0.119 e. The van der Waals surface area contributed by atoms with E-state index >= 15 is 0 Å². The van der Waals surface area contributed by atoms with Crippen molar-refractivity contribution in [2.24, 2.45) is 7.05 Å². The minimum atomic E-state index is -0.582. The maximum absolute atomic E-state index is 10.1. The molecule has 0 aliphatic rings. The van der Waals surface area contributed by atoms with Crippen LogP contribution in [0.2, 0.25) is 0 Å². The lowest BCUT2D eigenvalue weighted by Crippen LogP contribution is -2.31. The van der Waals surface area contributed by atoms with Gasteiger partial charge >= 0.3 is 0 Å². The summed E-state index contributed by atoms with van der Waals surface area (Å²) in [7, 11) is 1.90. The van der Waals surface area contributed by atoms with Crippen LogP contribution in [0.15, 0.2) is 61.1 Å². The number of ether oxygens (including phenoxy) is 1. The molecule has 2 aromatic heterocycles. The van der Waals surface area contributed by atoms with Gasteiger partial charge in [-0.15, -0.1) is 0 Å². The van der Waals surface area contributed by atoms with E-state index in [0.717, 1.165) is 22.6 Å². The molecule has 0 saturated heterocycles. The van der Waals surface area contributed by atoms with Crippen molar-refractivity contribution in [2.75, 3.05) is 13.2 Å². The molecule has 0 spiro atoms. The minimum Gasteiger partial charge on any atom is -0.491 e. The van der Waals surface area contributed by atoms with Gasteiger partial charge in [0.05, 0.1) is 5.69 Å². The van der Waals surface area contributed by atoms with Crippen molar-refractivity contribution in [1.82, 2.24) is 20.1 Å². The number of rotatable bonds is 8. The molecule has 130 valence electrons. The van der Waals surface area contributed by atoms with Crippen LogP contribution in [0, 0.1) is 0 Å². The quantitative estimate of drug-likeness (QED) is 0.657. The van der Waals surface area contributed by atoms with E-state index in [9.17, 15) is 5.11 Å². The summed E-state index contributed by atoms with van der Waals surface area (Å²) < 4.78 is 7.35. The van der Waals surface area contributed by atoms with Crippen LogP contribution in [-0.4, -0.2) is 39.1 Å². The van der Waals surface area contributed by atoms with Gasteiger partial charge in [-0.25, -0.2) is 0 Å². The van der Waals surface area contributed by atoms with E-state index < -0.39 is 6.10 Å². The molecule has 3 aromatic rings. The molecule has 6 nitrogen and oxygen atoms in total. The van der Waals surface area contributed by atoms with Gasteiger partial charge in [0, 0.05) is 49.9 Å². The number of aliphatic hydroxyl groups is 1. The number of hydrogen-bond acceptors (Lipinski definition) is 5. The summed E-state index contributed by atoms with van der Waals surface area (Å²) in [6, 6.07) is 13.4. The minimum absolute atomic E-state index is 0.251. The summed E-state index contributed by atoms with van der Waals surface area (Å²) in [5.74, 6) is 0.758. The zero-order valence-corrected chi connectivity index (χ0v) is 14.2. The first kappa shape index (κ1) is 17.1. The van der Waals surface area contributed by atoms with E-state index in [1.54, 1.807) is 17.1 Å². The molecule has 2 N–H and O–H groups in total. The van der Waals surface area contributed by atoms with Crippen molar-refractivity contribution in [1.29, 1.82) is 0 Å². The molecule has 1 unspecified atom stereocenters. The van der Waals surface area contributed by atoms with Gasteiger partial charge in [-0.1, -0.05) is 18.2 Å². The molecule has 2 heterocycles. The highest BCUT2D eigenvalue weighted by molar-refractivity contribution is 5.61. The zero-order chi connectivity index (χ0) is 17.5. The van der Waals surface area contributed by atoms with Crippen LogP contribution >= 0.6 is 0 Å². The first-order valence-corrected chi connectivity index (χ1v) is 8.22. The summed E-state index contributed by atoms with van der Waals surface area (Å²) in [6.07, 6.45) is 4.91. The Labute approximate surface area is 147 Å². The topological polar surface area (TPSA) is 72.2 Å². The normalized spacial score (nSPS) is 12.1. The Hall–Kier alpha value is -2.70. The van der Waals surface area contributed by atoms with Crippen LogP contribution < -0.4 is 10.1 Å². The second-order valence-electron chi connectivity index (χ2n) is 5.82. The van der Waals surface area contributed by atoms with Gasteiger partial charge in [0.25, 0.3) is 0 Å². The molecule has 0 aliphatic carbocycles. The number of para-hydroxylation sites is 1. The summed E-state index contributed by atoms with van der Waals surface area (Å²) in [5.41, 5.74) is 3.03. The molecule has 0 radical (unpaired) electrons. The summed E-state index contributed by atoms with van der Waals surface area (Å²) in [5, 5.41) is 17.8. The number of nitrogens with zero attached hydrogens (tertiary/aromatic N) is 3. The van der Waals surface area contributed by atoms with Crippen LogP contribution in [0.5, 0.6) is 5.75 Å². The Bertz CT molecular complexity index is 775. The number of nitrogens with one attached hydrogen (secondary N) is 1. The number of hydrogen-bond donors (Lipinski definition) is 2. The number of pyridine rings is 1. The molecule has 0 saturated carbocycles. The van der Waals surface area contributed by atoms with Crippen molar-refractivity contribution in [3.8, 4) is 17.0 Å². The highest BCUT2D eigenvalue weighted by atomic mass is 16.5. The predicted molar refractivity (Wildman–Crippen MR) is 96.1 cm³/mol. The van der Waals surface area contributed by atoms with Gasteiger partial charge in [0.1, 0.15) is 18.5 Å². The Morgan fingerprint density at radius 3 is 2.68 bits per heavy atom. The zero-order valence-electron chi connectivity index (χ0n) is 14.2. The fraction of sp³-hybridized carbons (Fsp3) is 0.263. The van der Waals surface area contributed by atoms with Crippen LogP contribution in [0.3, 0.4) is 0 Å². The number of aryl methyl sites for hydroxylation is 1. The lowest BCUT2D eigenvalue weighted by Gasteiger charge is -2.13. The third kappa shape index (κ3) is 4.89. The van der Waals surface area contributed by atoms with Crippen molar-refractivity contribution in [3.05, 3.63) is 66.6 Å². The molecule has 6 heteroatoms. The van der Waals surface area contributed by atoms with Gasteiger partial charge in [-0.3, -0.25) is 9.67 Å². The lowest BCUT2D eigenvalue weighted by atomic mass is 10.1. The fourth-order valence-electron chi connectivity index (χ4n) is 2.56. The Kier molecular flexibility index (Phi) is 5.77. The largest absolute Gasteiger partial charge is 0.491 e. The van der Waals surface area contributed by atoms with E-state index in [1.165, 1.54) is 0 Å². The molecule has 1 atom stereocenters. The Morgan fingerprint density at radius 1 is 1.16 bits per heavy atom. The average Bonchev–Trinajstić information content (AvgIpc) is 3.02. The Morgan fingerprint density at radius 2 is 1.92 bits per heavy atom. The van der Waals surface area contributed by atoms with Gasteiger partial charge in [-0.05, 0) is 24.3 Å². The summed E-state index contributed by atoms with van der Waals surface area (Å²) in [6.45, 7) is 1.31. The maximum atomic E-state index is 10.1.